The standard InChI is InChI=1S/C25H29F6N5O3/c1-2-32-23(39)35-12-9-18(10-13-35)33-21(37)15-36-20(4-3-11-24(26,27)28)34-19(14-22(36)38)16-5-7-17(8-6-16)25(29,30)31/h5-8,14,18H,2-4,9-13,15H2,1H3,(H,32,39)(H,33,37). The van der Waals surface area contributed by atoms with Gasteiger partial charge in [0.1, 0.15) is 12.4 Å². The molecule has 0 aliphatic carbocycles. The van der Waals surface area contributed by atoms with Crippen LogP contribution in [0.5, 0.6) is 0 Å². The Morgan fingerprint density at radius 1 is 1.05 bits per heavy atom. The Balaban J connectivity index is 1.76. The summed E-state index contributed by atoms with van der Waals surface area (Å²) in [5, 5.41) is 5.49. The van der Waals surface area contributed by atoms with Gasteiger partial charge in [-0.2, -0.15) is 26.3 Å². The maximum absolute atomic E-state index is 12.9. The van der Waals surface area contributed by atoms with Gasteiger partial charge in [0.15, 0.2) is 0 Å². The lowest BCUT2D eigenvalue weighted by atomic mass is 10.1. The van der Waals surface area contributed by atoms with E-state index >= 15 is 0 Å². The normalized spacial score (nSPS) is 14.8. The molecule has 1 aromatic carbocycles. The second-order valence-corrected chi connectivity index (χ2v) is 9.19. The molecule has 1 fully saturated rings. The van der Waals surface area contributed by atoms with Crippen LogP contribution in [0.3, 0.4) is 0 Å². The zero-order valence-electron chi connectivity index (χ0n) is 21.2. The molecular weight excluding hydrogens is 532 g/mol. The number of halogens is 6. The summed E-state index contributed by atoms with van der Waals surface area (Å²) in [6.07, 6.45) is -9.83. The van der Waals surface area contributed by atoms with Crippen LogP contribution < -0.4 is 16.2 Å². The zero-order chi connectivity index (χ0) is 28.8. The first-order chi connectivity index (χ1) is 18.3. The molecule has 0 saturated carbocycles. The maximum atomic E-state index is 12.9. The molecule has 1 aliphatic rings. The summed E-state index contributed by atoms with van der Waals surface area (Å²) in [5.74, 6) is -0.627. The van der Waals surface area contributed by atoms with Crippen LogP contribution in [0.2, 0.25) is 0 Å². The molecule has 0 atom stereocenters. The van der Waals surface area contributed by atoms with Gasteiger partial charge in [0, 0.05) is 50.1 Å². The predicted molar refractivity (Wildman–Crippen MR) is 130 cm³/mol. The summed E-state index contributed by atoms with van der Waals surface area (Å²) >= 11 is 0. The lowest BCUT2D eigenvalue weighted by Crippen LogP contribution is -2.50. The van der Waals surface area contributed by atoms with Gasteiger partial charge in [0.05, 0.1) is 11.3 Å². The summed E-state index contributed by atoms with van der Waals surface area (Å²) in [4.78, 5) is 43.5. The van der Waals surface area contributed by atoms with Crippen molar-refractivity contribution in [1.29, 1.82) is 0 Å². The highest BCUT2D eigenvalue weighted by molar-refractivity contribution is 5.76. The van der Waals surface area contributed by atoms with Crippen molar-refractivity contribution in [2.24, 2.45) is 0 Å². The van der Waals surface area contributed by atoms with Crippen molar-refractivity contribution < 1.29 is 35.9 Å². The number of amides is 3. The summed E-state index contributed by atoms with van der Waals surface area (Å²) in [7, 11) is 0. The van der Waals surface area contributed by atoms with Crippen LogP contribution in [-0.4, -0.2) is 58.2 Å². The van der Waals surface area contributed by atoms with Crippen molar-refractivity contribution in [3.05, 3.63) is 52.1 Å². The highest BCUT2D eigenvalue weighted by Crippen LogP contribution is 2.30. The molecular formula is C25H29F6N5O3. The van der Waals surface area contributed by atoms with Crippen LogP contribution in [-0.2, 0) is 23.9 Å². The molecule has 39 heavy (non-hydrogen) atoms. The van der Waals surface area contributed by atoms with Gasteiger partial charge in [0.2, 0.25) is 5.91 Å². The van der Waals surface area contributed by atoms with E-state index in [2.05, 4.69) is 15.6 Å². The summed E-state index contributed by atoms with van der Waals surface area (Å²) < 4.78 is 77.9. The van der Waals surface area contributed by atoms with Crippen LogP contribution in [0.15, 0.2) is 35.1 Å². The highest BCUT2D eigenvalue weighted by atomic mass is 19.4. The van der Waals surface area contributed by atoms with E-state index in [0.29, 0.717) is 32.5 Å². The number of hydrogen-bond donors (Lipinski definition) is 2. The first kappa shape index (κ1) is 30.0. The van der Waals surface area contributed by atoms with E-state index in [1.807, 2.05) is 0 Å². The van der Waals surface area contributed by atoms with Crippen molar-refractivity contribution >= 4 is 11.9 Å². The second-order valence-electron chi connectivity index (χ2n) is 9.19. The summed E-state index contributed by atoms with van der Waals surface area (Å²) in [6.45, 7) is 2.64. The number of rotatable bonds is 8. The number of nitrogens with zero attached hydrogens (tertiary/aromatic N) is 3. The summed E-state index contributed by atoms with van der Waals surface area (Å²) in [5.41, 5.74) is -1.46. The van der Waals surface area contributed by atoms with Crippen LogP contribution in [0, 0.1) is 0 Å². The van der Waals surface area contributed by atoms with Crippen LogP contribution in [0.4, 0.5) is 31.1 Å². The number of urea groups is 1. The Morgan fingerprint density at radius 3 is 2.26 bits per heavy atom. The fourth-order valence-corrected chi connectivity index (χ4v) is 4.25. The molecule has 0 radical (unpaired) electrons. The van der Waals surface area contributed by atoms with E-state index < -0.39 is 48.8 Å². The Morgan fingerprint density at radius 2 is 1.69 bits per heavy atom. The molecule has 214 valence electrons. The topological polar surface area (TPSA) is 96.3 Å². The molecule has 1 aliphatic heterocycles. The smallest absolute Gasteiger partial charge is 0.352 e. The van der Waals surface area contributed by atoms with Crippen LogP contribution in [0.1, 0.15) is 44.0 Å². The number of benzene rings is 1. The minimum atomic E-state index is -4.57. The van der Waals surface area contributed by atoms with Gasteiger partial charge >= 0.3 is 18.4 Å². The van der Waals surface area contributed by atoms with E-state index in [0.717, 1.165) is 34.9 Å². The van der Waals surface area contributed by atoms with E-state index in [1.165, 1.54) is 0 Å². The van der Waals surface area contributed by atoms with Crippen molar-refractivity contribution in [2.75, 3.05) is 19.6 Å². The lowest BCUT2D eigenvalue weighted by Gasteiger charge is -2.32. The Kier molecular flexibility index (Phi) is 9.62. The van der Waals surface area contributed by atoms with Crippen molar-refractivity contribution in [3.63, 3.8) is 0 Å². The first-order valence-electron chi connectivity index (χ1n) is 12.4. The molecule has 2 aromatic rings. The van der Waals surface area contributed by atoms with E-state index in [9.17, 15) is 40.7 Å². The molecule has 3 rings (SSSR count). The van der Waals surface area contributed by atoms with E-state index in [1.54, 1.807) is 11.8 Å². The molecule has 1 aromatic heterocycles. The third-order valence-electron chi connectivity index (χ3n) is 6.23. The van der Waals surface area contributed by atoms with Gasteiger partial charge in [-0.25, -0.2) is 9.78 Å². The number of carbonyl (C=O) groups is 2. The van der Waals surface area contributed by atoms with Gasteiger partial charge in [-0.3, -0.25) is 14.2 Å². The van der Waals surface area contributed by atoms with Crippen LogP contribution in [0.25, 0.3) is 11.3 Å². The fraction of sp³-hybridized carbons (Fsp3) is 0.520. The fourth-order valence-electron chi connectivity index (χ4n) is 4.25. The average molecular weight is 562 g/mol. The van der Waals surface area contributed by atoms with Crippen LogP contribution >= 0.6 is 0 Å². The molecule has 2 heterocycles. The Bertz CT molecular complexity index is 1200. The van der Waals surface area contributed by atoms with Gasteiger partial charge in [0.25, 0.3) is 5.56 Å². The molecule has 14 heteroatoms. The maximum Gasteiger partial charge on any atom is 0.416 e. The molecule has 2 N–H and O–H groups in total. The zero-order valence-corrected chi connectivity index (χ0v) is 21.2. The molecule has 0 spiro atoms. The molecule has 0 bridgehead atoms. The van der Waals surface area contributed by atoms with E-state index in [4.69, 9.17) is 0 Å². The van der Waals surface area contributed by atoms with Crippen molar-refractivity contribution in [3.8, 4) is 11.3 Å². The van der Waals surface area contributed by atoms with E-state index in [-0.39, 0.29) is 35.6 Å². The number of piperidine rings is 1. The monoisotopic (exact) mass is 561 g/mol. The number of likely N-dealkylation sites (tertiary alicyclic amines) is 1. The number of alkyl halides is 6. The molecule has 8 nitrogen and oxygen atoms in total. The van der Waals surface area contributed by atoms with Gasteiger partial charge in [-0.1, -0.05) is 12.1 Å². The predicted octanol–water partition coefficient (Wildman–Crippen LogP) is 4.12. The van der Waals surface area contributed by atoms with Crippen molar-refractivity contribution in [2.45, 2.75) is 64.0 Å². The number of carbonyl (C=O) groups excluding carboxylic acids is 2. The highest BCUT2D eigenvalue weighted by Gasteiger charge is 2.30. The van der Waals surface area contributed by atoms with Gasteiger partial charge in [-0.05, 0) is 38.3 Å². The molecule has 0 unspecified atom stereocenters. The minimum Gasteiger partial charge on any atom is -0.352 e. The number of aryl methyl sites for hydroxylation is 1. The number of aromatic nitrogens is 2. The second kappa shape index (κ2) is 12.5. The summed E-state index contributed by atoms with van der Waals surface area (Å²) in [6, 6.07) is 4.45. The molecule has 3 amide bonds. The largest absolute Gasteiger partial charge is 0.416 e. The third kappa shape index (κ3) is 8.72. The van der Waals surface area contributed by atoms with Gasteiger partial charge in [-0.15, -0.1) is 0 Å². The Hall–Kier alpha value is -3.58. The number of nitrogens with one attached hydrogen (secondary N) is 2. The average Bonchev–Trinajstić information content (AvgIpc) is 2.85. The first-order valence-corrected chi connectivity index (χ1v) is 12.4. The molecule has 1 saturated heterocycles. The number of hydrogen-bond acceptors (Lipinski definition) is 4. The Labute approximate surface area is 220 Å². The quantitative estimate of drug-likeness (QED) is 0.474. The van der Waals surface area contributed by atoms with Crippen molar-refractivity contribution in [1.82, 2.24) is 25.1 Å². The minimum absolute atomic E-state index is 0.00915. The third-order valence-corrected chi connectivity index (χ3v) is 6.23. The lowest BCUT2D eigenvalue weighted by molar-refractivity contribution is -0.137. The van der Waals surface area contributed by atoms with Gasteiger partial charge < -0.3 is 15.5 Å². The SMILES string of the molecule is CCNC(=O)N1CCC(NC(=O)Cn2c(CCCC(F)(F)F)nc(-c3ccc(C(F)(F)F)cc3)cc2=O)CC1.